The average Bonchev–Trinajstić information content (AvgIpc) is 2.78. The summed E-state index contributed by atoms with van der Waals surface area (Å²) < 4.78 is 5.74. The molecule has 0 saturated carbocycles. The van der Waals surface area contributed by atoms with Gasteiger partial charge in [0, 0.05) is 12.6 Å². The number of carbonyl (C=O) groups excluding carboxylic acids is 2. The highest BCUT2D eigenvalue weighted by Crippen LogP contribution is 2.28. The van der Waals surface area contributed by atoms with Crippen LogP contribution in [0.5, 0.6) is 11.5 Å². The van der Waals surface area contributed by atoms with Gasteiger partial charge in [-0.1, -0.05) is 75.6 Å². The van der Waals surface area contributed by atoms with Crippen LogP contribution in [0.15, 0.2) is 91.6 Å². The van der Waals surface area contributed by atoms with Crippen LogP contribution in [0, 0.1) is 0 Å². The number of hydrogen-bond acceptors (Lipinski definition) is 4. The first-order valence-corrected chi connectivity index (χ1v) is 9.33. The third-order valence-corrected chi connectivity index (χ3v) is 3.25. The minimum Gasteiger partial charge on any atom is -0.455 e. The van der Waals surface area contributed by atoms with E-state index in [0.29, 0.717) is 11.9 Å². The highest BCUT2D eigenvalue weighted by molar-refractivity contribution is 5.97. The SMILES string of the molecule is C=C/C=C(\C=C)C(=O)NCC=O.CC.CNc1ccccc1Oc1ccccc1. The summed E-state index contributed by atoms with van der Waals surface area (Å²) in [5, 5.41) is 5.46. The Morgan fingerprint density at radius 3 is 2.21 bits per heavy atom. The zero-order chi connectivity index (χ0) is 21.9. The van der Waals surface area contributed by atoms with Gasteiger partial charge >= 0.3 is 0 Å². The first-order valence-electron chi connectivity index (χ1n) is 9.33. The molecule has 0 bridgehead atoms. The molecular formula is C24H30N2O3. The Bertz CT molecular complexity index is 784. The molecule has 5 heteroatoms. The van der Waals surface area contributed by atoms with Crippen LogP contribution in [0.4, 0.5) is 5.69 Å². The maximum Gasteiger partial charge on any atom is 0.251 e. The van der Waals surface area contributed by atoms with E-state index in [1.165, 1.54) is 18.2 Å². The number of ether oxygens (including phenoxy) is 1. The topological polar surface area (TPSA) is 67.4 Å². The van der Waals surface area contributed by atoms with E-state index in [0.717, 1.165) is 17.2 Å². The lowest BCUT2D eigenvalue weighted by Crippen LogP contribution is -2.25. The van der Waals surface area contributed by atoms with E-state index in [1.54, 1.807) is 0 Å². The largest absolute Gasteiger partial charge is 0.455 e. The molecule has 0 radical (unpaired) electrons. The van der Waals surface area contributed by atoms with Crippen molar-refractivity contribution in [2.75, 3.05) is 18.9 Å². The zero-order valence-electron chi connectivity index (χ0n) is 17.4. The van der Waals surface area contributed by atoms with Gasteiger partial charge < -0.3 is 20.2 Å². The van der Waals surface area contributed by atoms with Crippen LogP contribution in [0.25, 0.3) is 0 Å². The van der Waals surface area contributed by atoms with Crippen LogP contribution < -0.4 is 15.4 Å². The van der Waals surface area contributed by atoms with E-state index >= 15 is 0 Å². The molecule has 0 spiro atoms. The highest BCUT2D eigenvalue weighted by Gasteiger charge is 2.02. The van der Waals surface area contributed by atoms with Crippen molar-refractivity contribution in [3.63, 3.8) is 0 Å². The van der Waals surface area contributed by atoms with E-state index in [1.807, 2.05) is 75.5 Å². The van der Waals surface area contributed by atoms with Crippen molar-refractivity contribution in [3.05, 3.63) is 91.6 Å². The summed E-state index contributed by atoms with van der Waals surface area (Å²) in [6.07, 6.45) is 5.03. The van der Waals surface area contributed by atoms with Crippen molar-refractivity contribution in [3.8, 4) is 11.5 Å². The fourth-order valence-electron chi connectivity index (χ4n) is 1.98. The maximum atomic E-state index is 11.1. The number of carbonyl (C=O) groups is 2. The molecule has 29 heavy (non-hydrogen) atoms. The molecule has 5 nitrogen and oxygen atoms in total. The number of hydrogen-bond donors (Lipinski definition) is 2. The van der Waals surface area contributed by atoms with E-state index in [2.05, 4.69) is 23.8 Å². The Labute approximate surface area is 173 Å². The molecule has 0 atom stereocenters. The summed E-state index contributed by atoms with van der Waals surface area (Å²) in [6.45, 7) is 10.9. The first kappa shape index (κ1) is 25.4. The predicted molar refractivity (Wildman–Crippen MR) is 121 cm³/mol. The van der Waals surface area contributed by atoms with Crippen molar-refractivity contribution >= 4 is 17.9 Å². The normalized spacial score (nSPS) is 9.41. The second-order valence-electron chi connectivity index (χ2n) is 5.10. The molecule has 154 valence electrons. The molecule has 0 saturated heterocycles. The van der Waals surface area contributed by atoms with Crippen molar-refractivity contribution in [1.29, 1.82) is 0 Å². The number of aldehydes is 1. The molecule has 0 heterocycles. The van der Waals surface area contributed by atoms with Gasteiger partial charge in [-0.3, -0.25) is 4.79 Å². The third-order valence-electron chi connectivity index (χ3n) is 3.25. The standard InChI is InChI=1S/C13H13NO.C9H11NO2.C2H6/c1-14-12-9-5-6-10-13(12)15-11-7-3-2-4-8-11;1-3-5-8(4-2)9(12)10-6-7-11;1-2/h2-10,14H,1H3;3-5,7H,1-2,6H2,(H,10,12);1-2H3/b;8-5+;. The van der Waals surface area contributed by atoms with Gasteiger partial charge in [0.2, 0.25) is 0 Å². The third kappa shape index (κ3) is 10.3. The van der Waals surface area contributed by atoms with E-state index < -0.39 is 0 Å². The number of para-hydroxylation sites is 3. The molecule has 0 aliphatic heterocycles. The Kier molecular flexibility index (Phi) is 14.5. The molecule has 2 aromatic rings. The summed E-state index contributed by atoms with van der Waals surface area (Å²) >= 11 is 0. The summed E-state index contributed by atoms with van der Waals surface area (Å²) in [5.41, 5.74) is 1.38. The van der Waals surface area contributed by atoms with Crippen LogP contribution in [0.3, 0.4) is 0 Å². The van der Waals surface area contributed by atoms with Gasteiger partial charge in [0.25, 0.3) is 5.91 Å². The quantitative estimate of drug-likeness (QED) is 0.369. The second-order valence-corrected chi connectivity index (χ2v) is 5.10. The number of rotatable bonds is 8. The highest BCUT2D eigenvalue weighted by atomic mass is 16.5. The summed E-state index contributed by atoms with van der Waals surface area (Å²) in [5.74, 6) is 1.36. The van der Waals surface area contributed by atoms with Gasteiger partial charge in [-0.25, -0.2) is 0 Å². The van der Waals surface area contributed by atoms with E-state index in [9.17, 15) is 9.59 Å². The molecular weight excluding hydrogens is 364 g/mol. The lowest BCUT2D eigenvalue weighted by atomic mass is 10.2. The van der Waals surface area contributed by atoms with Crippen LogP contribution in [0.2, 0.25) is 0 Å². The molecule has 0 aromatic heterocycles. The molecule has 1 amide bonds. The van der Waals surface area contributed by atoms with Crippen molar-refractivity contribution in [1.82, 2.24) is 5.32 Å². The maximum absolute atomic E-state index is 11.1. The Morgan fingerprint density at radius 1 is 1.03 bits per heavy atom. The van der Waals surface area contributed by atoms with Crippen LogP contribution >= 0.6 is 0 Å². The van der Waals surface area contributed by atoms with Crippen LogP contribution in [-0.2, 0) is 9.59 Å². The summed E-state index contributed by atoms with van der Waals surface area (Å²) in [7, 11) is 1.88. The number of benzene rings is 2. The van der Waals surface area contributed by atoms with Gasteiger partial charge in [-0.15, -0.1) is 0 Å². The van der Waals surface area contributed by atoms with E-state index in [4.69, 9.17) is 4.74 Å². The number of anilines is 1. The first-order chi connectivity index (χ1) is 14.2. The monoisotopic (exact) mass is 394 g/mol. The van der Waals surface area contributed by atoms with Crippen molar-refractivity contribution < 1.29 is 14.3 Å². The minimum atomic E-state index is -0.322. The van der Waals surface area contributed by atoms with Gasteiger partial charge in [0.1, 0.15) is 17.8 Å². The van der Waals surface area contributed by atoms with Crippen molar-refractivity contribution in [2.45, 2.75) is 13.8 Å². The number of allylic oxidation sites excluding steroid dienone is 2. The number of amides is 1. The Balaban J connectivity index is 0.000000512. The smallest absolute Gasteiger partial charge is 0.251 e. The molecule has 0 aliphatic rings. The minimum absolute atomic E-state index is 0.0150. The van der Waals surface area contributed by atoms with Gasteiger partial charge in [0.05, 0.1) is 12.2 Å². The van der Waals surface area contributed by atoms with Crippen LogP contribution in [0.1, 0.15) is 13.8 Å². The molecule has 2 aromatic carbocycles. The molecule has 2 rings (SSSR count). The molecule has 0 aliphatic carbocycles. The Hall–Kier alpha value is -3.60. The van der Waals surface area contributed by atoms with Crippen LogP contribution in [-0.4, -0.2) is 25.8 Å². The van der Waals surface area contributed by atoms with Gasteiger partial charge in [0.15, 0.2) is 0 Å². The average molecular weight is 395 g/mol. The predicted octanol–water partition coefficient (Wildman–Crippen LogP) is 5.15. The molecule has 2 N–H and O–H groups in total. The Morgan fingerprint density at radius 2 is 1.66 bits per heavy atom. The summed E-state index contributed by atoms with van der Waals surface area (Å²) in [4.78, 5) is 21.0. The van der Waals surface area contributed by atoms with E-state index in [-0.39, 0.29) is 12.5 Å². The summed E-state index contributed by atoms with van der Waals surface area (Å²) in [6, 6.07) is 17.6. The van der Waals surface area contributed by atoms with Gasteiger partial charge in [-0.2, -0.15) is 0 Å². The fraction of sp³-hybridized carbons (Fsp3) is 0.167. The molecule has 0 unspecified atom stereocenters. The number of nitrogens with one attached hydrogen (secondary N) is 2. The lowest BCUT2D eigenvalue weighted by molar-refractivity contribution is -0.119. The zero-order valence-corrected chi connectivity index (χ0v) is 17.4. The molecule has 0 fully saturated rings. The second kappa shape index (κ2) is 16.6. The lowest BCUT2D eigenvalue weighted by Gasteiger charge is -2.09. The van der Waals surface area contributed by atoms with Gasteiger partial charge in [-0.05, 0) is 24.3 Å². The van der Waals surface area contributed by atoms with Crippen molar-refractivity contribution in [2.24, 2.45) is 0 Å². The fourth-order valence-corrected chi connectivity index (χ4v) is 1.98.